The fourth-order valence-corrected chi connectivity index (χ4v) is 3.38. The number of carbonyl (C=O) groups is 1. The molecule has 6 heteroatoms. The van der Waals surface area contributed by atoms with Gasteiger partial charge >= 0.3 is 0 Å². The van der Waals surface area contributed by atoms with E-state index >= 15 is 0 Å². The van der Waals surface area contributed by atoms with Crippen LogP contribution in [0.4, 0.5) is 5.69 Å². The number of hydrogen-bond acceptors (Lipinski definition) is 3. The van der Waals surface area contributed by atoms with Gasteiger partial charge in [0, 0.05) is 40.7 Å². The summed E-state index contributed by atoms with van der Waals surface area (Å²) in [6.45, 7) is 7.79. The second kappa shape index (κ2) is 7.91. The molecule has 2 heterocycles. The molecule has 2 aromatic heterocycles. The van der Waals surface area contributed by atoms with Gasteiger partial charge in [0.05, 0.1) is 12.2 Å². The summed E-state index contributed by atoms with van der Waals surface area (Å²) in [6.07, 6.45) is 3.87. The highest BCUT2D eigenvalue weighted by Crippen LogP contribution is 2.18. The molecule has 0 bridgehead atoms. The number of nitrogens with one attached hydrogen (secondary N) is 1. The summed E-state index contributed by atoms with van der Waals surface area (Å²) >= 11 is 3.44. The standard InChI is InChI=1S/C20H23BrN4O/c1-4-25(14(2)3)18-8-5-15(6-9-18)20(26)22-11-17-13-24-12-16(21)7-10-19(24)23-17/h5-10,12-14H,4,11H2,1-3H3,(H,22,26). The van der Waals surface area contributed by atoms with Gasteiger partial charge < -0.3 is 14.6 Å². The number of benzene rings is 1. The van der Waals surface area contributed by atoms with Crippen molar-refractivity contribution in [1.82, 2.24) is 14.7 Å². The van der Waals surface area contributed by atoms with E-state index in [0.29, 0.717) is 18.2 Å². The highest BCUT2D eigenvalue weighted by molar-refractivity contribution is 9.10. The van der Waals surface area contributed by atoms with Crippen LogP contribution in [0.3, 0.4) is 0 Å². The number of imidazole rings is 1. The average molecular weight is 415 g/mol. The molecule has 0 aliphatic heterocycles. The Hall–Kier alpha value is -2.34. The van der Waals surface area contributed by atoms with Crippen molar-refractivity contribution in [2.45, 2.75) is 33.4 Å². The maximum atomic E-state index is 12.4. The quantitative estimate of drug-likeness (QED) is 0.655. The molecule has 0 saturated carbocycles. The summed E-state index contributed by atoms with van der Waals surface area (Å²) in [5.74, 6) is -0.0950. The van der Waals surface area contributed by atoms with E-state index in [4.69, 9.17) is 0 Å². The zero-order chi connectivity index (χ0) is 18.7. The smallest absolute Gasteiger partial charge is 0.251 e. The molecule has 0 spiro atoms. The van der Waals surface area contributed by atoms with Gasteiger partial charge in [0.15, 0.2) is 0 Å². The van der Waals surface area contributed by atoms with Crippen LogP contribution in [0.2, 0.25) is 0 Å². The molecule has 1 amide bonds. The number of carbonyl (C=O) groups excluding carboxylic acids is 1. The van der Waals surface area contributed by atoms with Crippen LogP contribution in [-0.4, -0.2) is 27.9 Å². The molecule has 0 radical (unpaired) electrons. The summed E-state index contributed by atoms with van der Waals surface area (Å²) in [5, 5.41) is 2.94. The van der Waals surface area contributed by atoms with Crippen molar-refractivity contribution in [2.75, 3.05) is 11.4 Å². The molecule has 0 saturated heterocycles. The highest BCUT2D eigenvalue weighted by Gasteiger charge is 2.11. The molecule has 1 N–H and O–H groups in total. The Bertz CT molecular complexity index is 902. The number of aromatic nitrogens is 2. The van der Waals surface area contributed by atoms with E-state index in [9.17, 15) is 4.79 Å². The fourth-order valence-electron chi connectivity index (χ4n) is 3.03. The second-order valence-electron chi connectivity index (χ2n) is 6.45. The van der Waals surface area contributed by atoms with Crippen LogP contribution in [0, 0.1) is 0 Å². The van der Waals surface area contributed by atoms with E-state index in [1.807, 2.05) is 53.2 Å². The molecule has 5 nitrogen and oxygen atoms in total. The summed E-state index contributed by atoms with van der Waals surface area (Å²) in [7, 11) is 0. The van der Waals surface area contributed by atoms with Crippen LogP contribution in [-0.2, 0) is 6.54 Å². The molecule has 0 aliphatic carbocycles. The molecule has 3 aromatic rings. The molecule has 0 atom stereocenters. The SMILES string of the molecule is CCN(c1ccc(C(=O)NCc2cn3cc(Br)ccc3n2)cc1)C(C)C. The van der Waals surface area contributed by atoms with Crippen LogP contribution in [0.15, 0.2) is 53.3 Å². The van der Waals surface area contributed by atoms with Gasteiger partial charge in [-0.05, 0) is 73.1 Å². The van der Waals surface area contributed by atoms with Crippen molar-refractivity contribution in [2.24, 2.45) is 0 Å². The fraction of sp³-hybridized carbons (Fsp3) is 0.300. The summed E-state index contributed by atoms with van der Waals surface area (Å²) in [5.41, 5.74) is 3.46. The minimum Gasteiger partial charge on any atom is -0.369 e. The summed E-state index contributed by atoms with van der Waals surface area (Å²) in [4.78, 5) is 19.2. The third-order valence-corrected chi connectivity index (χ3v) is 4.79. The first-order valence-corrected chi connectivity index (χ1v) is 9.55. The number of amides is 1. The molecule has 1 aromatic carbocycles. The Kier molecular flexibility index (Phi) is 5.61. The second-order valence-corrected chi connectivity index (χ2v) is 7.37. The van der Waals surface area contributed by atoms with Gasteiger partial charge in [-0.2, -0.15) is 0 Å². The van der Waals surface area contributed by atoms with Gasteiger partial charge in [-0.1, -0.05) is 0 Å². The predicted octanol–water partition coefficient (Wildman–Crippen LogP) is 4.26. The van der Waals surface area contributed by atoms with Crippen LogP contribution < -0.4 is 10.2 Å². The third-order valence-electron chi connectivity index (χ3n) is 4.32. The van der Waals surface area contributed by atoms with Crippen molar-refractivity contribution >= 4 is 33.2 Å². The van der Waals surface area contributed by atoms with E-state index in [-0.39, 0.29) is 5.91 Å². The number of anilines is 1. The lowest BCUT2D eigenvalue weighted by Gasteiger charge is -2.27. The van der Waals surface area contributed by atoms with E-state index < -0.39 is 0 Å². The zero-order valence-corrected chi connectivity index (χ0v) is 16.8. The number of fused-ring (bicyclic) bond motifs is 1. The van der Waals surface area contributed by atoms with Crippen LogP contribution >= 0.6 is 15.9 Å². The van der Waals surface area contributed by atoms with Crippen LogP contribution in [0.5, 0.6) is 0 Å². The van der Waals surface area contributed by atoms with Crippen molar-refractivity contribution in [3.8, 4) is 0 Å². The van der Waals surface area contributed by atoms with Crippen molar-refractivity contribution < 1.29 is 4.79 Å². The zero-order valence-electron chi connectivity index (χ0n) is 15.2. The van der Waals surface area contributed by atoms with Gasteiger partial charge in [-0.25, -0.2) is 4.98 Å². The van der Waals surface area contributed by atoms with Gasteiger partial charge in [0.2, 0.25) is 0 Å². The molecular weight excluding hydrogens is 392 g/mol. The van der Waals surface area contributed by atoms with Crippen LogP contribution in [0.1, 0.15) is 36.8 Å². The Morgan fingerprint density at radius 1 is 1.19 bits per heavy atom. The minimum absolute atomic E-state index is 0.0950. The molecule has 3 rings (SSSR count). The van der Waals surface area contributed by atoms with Gasteiger partial charge in [-0.15, -0.1) is 0 Å². The highest BCUT2D eigenvalue weighted by atomic mass is 79.9. The van der Waals surface area contributed by atoms with Crippen molar-refractivity contribution in [3.05, 3.63) is 64.5 Å². The molecule has 0 unspecified atom stereocenters. The molecular formula is C20H23BrN4O. The first-order chi connectivity index (χ1) is 12.5. The van der Waals surface area contributed by atoms with E-state index in [2.05, 4.69) is 51.9 Å². The van der Waals surface area contributed by atoms with Crippen LogP contribution in [0.25, 0.3) is 5.65 Å². The number of pyridine rings is 1. The monoisotopic (exact) mass is 414 g/mol. The minimum atomic E-state index is -0.0950. The molecule has 26 heavy (non-hydrogen) atoms. The number of halogens is 1. The Labute approximate surface area is 162 Å². The Morgan fingerprint density at radius 3 is 2.58 bits per heavy atom. The molecule has 0 aliphatic rings. The third kappa shape index (κ3) is 4.07. The van der Waals surface area contributed by atoms with Gasteiger partial charge in [-0.3, -0.25) is 4.79 Å². The largest absolute Gasteiger partial charge is 0.369 e. The Morgan fingerprint density at radius 2 is 1.92 bits per heavy atom. The Balaban J connectivity index is 1.65. The van der Waals surface area contributed by atoms with E-state index in [1.54, 1.807) is 0 Å². The first-order valence-electron chi connectivity index (χ1n) is 8.76. The average Bonchev–Trinajstić information content (AvgIpc) is 3.02. The first kappa shape index (κ1) is 18.5. The summed E-state index contributed by atoms with van der Waals surface area (Å²) < 4.78 is 2.92. The number of nitrogens with zero attached hydrogens (tertiary/aromatic N) is 3. The maximum Gasteiger partial charge on any atom is 0.251 e. The lowest BCUT2D eigenvalue weighted by atomic mass is 10.1. The summed E-state index contributed by atoms with van der Waals surface area (Å²) in [6, 6.07) is 12.1. The maximum absolute atomic E-state index is 12.4. The van der Waals surface area contributed by atoms with Crippen molar-refractivity contribution in [1.29, 1.82) is 0 Å². The topological polar surface area (TPSA) is 49.6 Å². The lowest BCUT2D eigenvalue weighted by molar-refractivity contribution is 0.0950. The van der Waals surface area contributed by atoms with Crippen molar-refractivity contribution in [3.63, 3.8) is 0 Å². The normalized spacial score (nSPS) is 11.1. The van der Waals surface area contributed by atoms with Gasteiger partial charge in [0.1, 0.15) is 5.65 Å². The molecule has 136 valence electrons. The number of hydrogen-bond donors (Lipinski definition) is 1. The number of rotatable bonds is 6. The van der Waals surface area contributed by atoms with E-state index in [0.717, 1.165) is 28.0 Å². The predicted molar refractivity (Wildman–Crippen MR) is 109 cm³/mol. The van der Waals surface area contributed by atoms with Gasteiger partial charge in [0.25, 0.3) is 5.91 Å². The van der Waals surface area contributed by atoms with E-state index in [1.165, 1.54) is 0 Å². The molecule has 0 fully saturated rings. The lowest BCUT2D eigenvalue weighted by Crippen LogP contribution is -2.30.